The Labute approximate surface area is 149 Å². The summed E-state index contributed by atoms with van der Waals surface area (Å²) < 4.78 is 1.83. The van der Waals surface area contributed by atoms with Crippen LogP contribution in [-0.4, -0.2) is 36.2 Å². The molecule has 0 bridgehead atoms. The summed E-state index contributed by atoms with van der Waals surface area (Å²) in [5.41, 5.74) is 1.59. The van der Waals surface area contributed by atoms with E-state index >= 15 is 0 Å². The minimum absolute atomic E-state index is 0.104. The summed E-state index contributed by atoms with van der Waals surface area (Å²) in [6, 6.07) is 16.6. The second-order valence-corrected chi connectivity index (χ2v) is 6.80. The second-order valence-electron chi connectivity index (χ2n) is 5.49. The Kier molecular flexibility index (Phi) is 5.04. The fourth-order valence-corrected chi connectivity index (χ4v) is 3.14. The number of hydrogen-bond donors (Lipinski definition) is 2. The van der Waals surface area contributed by atoms with Crippen LogP contribution in [0.2, 0.25) is 0 Å². The molecule has 0 fully saturated rings. The molecule has 1 atom stereocenters. The molecule has 1 heterocycles. The summed E-state index contributed by atoms with van der Waals surface area (Å²) in [4.78, 5) is 11.2. The lowest BCUT2D eigenvalue weighted by molar-refractivity contribution is -0.136. The van der Waals surface area contributed by atoms with Gasteiger partial charge >= 0.3 is 5.97 Å². The highest BCUT2D eigenvalue weighted by molar-refractivity contribution is 8.00. The molecule has 3 aromatic rings. The molecule has 128 valence electrons. The van der Waals surface area contributed by atoms with Crippen molar-refractivity contribution >= 4 is 17.7 Å². The summed E-state index contributed by atoms with van der Waals surface area (Å²) in [6.45, 7) is 2.08. The molecule has 1 unspecified atom stereocenters. The van der Waals surface area contributed by atoms with Gasteiger partial charge in [0, 0.05) is 0 Å². The summed E-state index contributed by atoms with van der Waals surface area (Å²) in [5.74, 6) is -0.308. The van der Waals surface area contributed by atoms with Crippen molar-refractivity contribution < 1.29 is 15.0 Å². The van der Waals surface area contributed by atoms with Crippen LogP contribution in [-0.2, 0) is 11.3 Å². The Morgan fingerprint density at radius 1 is 1.12 bits per heavy atom. The number of aromatic hydroxyl groups is 1. The van der Waals surface area contributed by atoms with Gasteiger partial charge in [-0.1, -0.05) is 54.2 Å². The molecule has 0 radical (unpaired) electrons. The molecule has 0 saturated heterocycles. The number of phenolic OH excluding ortho intramolecular Hbond substituents is 1. The van der Waals surface area contributed by atoms with Gasteiger partial charge in [0.25, 0.3) is 0 Å². The monoisotopic (exact) mass is 355 g/mol. The number of aliphatic carboxylic acids is 1. The number of carbonyl (C=O) groups is 1. The first-order valence-corrected chi connectivity index (χ1v) is 8.59. The number of hydrogen-bond acceptors (Lipinski definition) is 5. The van der Waals surface area contributed by atoms with Gasteiger partial charge in [-0.2, -0.15) is 0 Å². The molecular weight excluding hydrogens is 338 g/mol. The maximum atomic E-state index is 11.2. The summed E-state index contributed by atoms with van der Waals surface area (Å²) >= 11 is 1.13. The van der Waals surface area contributed by atoms with Gasteiger partial charge in [-0.3, -0.25) is 9.36 Å². The number of para-hydroxylation sites is 1. The Hall–Kier alpha value is -2.80. The first-order valence-electron chi connectivity index (χ1n) is 7.71. The number of nitrogens with zero attached hydrogens (tertiary/aromatic N) is 3. The van der Waals surface area contributed by atoms with Crippen LogP contribution >= 0.6 is 11.8 Å². The van der Waals surface area contributed by atoms with Gasteiger partial charge in [0.1, 0.15) is 11.0 Å². The average Bonchev–Trinajstić information content (AvgIpc) is 2.98. The molecule has 0 saturated carbocycles. The lowest BCUT2D eigenvalue weighted by Gasteiger charge is -2.12. The van der Waals surface area contributed by atoms with E-state index in [1.54, 1.807) is 25.1 Å². The van der Waals surface area contributed by atoms with Crippen molar-refractivity contribution in [3.8, 4) is 17.1 Å². The number of rotatable bonds is 6. The van der Waals surface area contributed by atoms with Crippen LogP contribution in [0.15, 0.2) is 59.8 Å². The maximum Gasteiger partial charge on any atom is 0.316 e. The van der Waals surface area contributed by atoms with E-state index in [0.717, 1.165) is 17.3 Å². The van der Waals surface area contributed by atoms with E-state index in [1.165, 1.54) is 0 Å². The van der Waals surface area contributed by atoms with Crippen LogP contribution < -0.4 is 0 Å². The van der Waals surface area contributed by atoms with E-state index in [2.05, 4.69) is 10.2 Å². The topological polar surface area (TPSA) is 88.2 Å². The zero-order valence-corrected chi connectivity index (χ0v) is 14.3. The van der Waals surface area contributed by atoms with Crippen LogP contribution in [0.3, 0.4) is 0 Å². The van der Waals surface area contributed by atoms with Crippen LogP contribution in [0.4, 0.5) is 0 Å². The van der Waals surface area contributed by atoms with Gasteiger partial charge in [0.15, 0.2) is 11.0 Å². The zero-order chi connectivity index (χ0) is 17.8. The molecule has 0 aliphatic heterocycles. The Bertz CT molecular complexity index is 880. The molecule has 3 rings (SSSR count). The SMILES string of the molecule is CC(Sc1nnc(-c2ccccc2O)n1Cc1ccccc1)C(=O)O. The van der Waals surface area contributed by atoms with Crippen LogP contribution in [0.25, 0.3) is 11.4 Å². The van der Waals surface area contributed by atoms with Crippen LogP contribution in [0.5, 0.6) is 5.75 Å². The quantitative estimate of drug-likeness (QED) is 0.660. The third kappa shape index (κ3) is 3.83. The van der Waals surface area contributed by atoms with Gasteiger partial charge in [-0.15, -0.1) is 10.2 Å². The third-order valence-corrected chi connectivity index (χ3v) is 4.74. The van der Waals surface area contributed by atoms with Crippen molar-refractivity contribution in [1.82, 2.24) is 14.8 Å². The predicted octanol–water partition coefficient (Wildman–Crippen LogP) is 3.26. The lowest BCUT2D eigenvalue weighted by atomic mass is 10.1. The molecule has 2 aromatic carbocycles. The highest BCUT2D eigenvalue weighted by atomic mass is 32.2. The summed E-state index contributed by atoms with van der Waals surface area (Å²) in [6.07, 6.45) is 0. The maximum absolute atomic E-state index is 11.2. The van der Waals surface area contributed by atoms with Crippen molar-refractivity contribution in [2.75, 3.05) is 0 Å². The number of carboxylic acid groups (broad SMARTS) is 1. The molecule has 1 aromatic heterocycles. The largest absolute Gasteiger partial charge is 0.507 e. The van der Waals surface area contributed by atoms with Gasteiger partial charge in [-0.05, 0) is 24.6 Å². The van der Waals surface area contributed by atoms with Crippen molar-refractivity contribution in [3.05, 3.63) is 60.2 Å². The number of thioether (sulfide) groups is 1. The predicted molar refractivity (Wildman–Crippen MR) is 95.6 cm³/mol. The van der Waals surface area contributed by atoms with Crippen molar-refractivity contribution in [2.45, 2.75) is 23.9 Å². The molecule has 7 heteroatoms. The van der Waals surface area contributed by atoms with Crippen LogP contribution in [0, 0.1) is 0 Å². The van der Waals surface area contributed by atoms with E-state index in [-0.39, 0.29) is 5.75 Å². The minimum atomic E-state index is -0.914. The summed E-state index contributed by atoms with van der Waals surface area (Å²) in [7, 11) is 0. The van der Waals surface area contributed by atoms with E-state index < -0.39 is 11.2 Å². The third-order valence-electron chi connectivity index (χ3n) is 3.68. The fraction of sp³-hybridized carbons (Fsp3) is 0.167. The Balaban J connectivity index is 2.05. The molecule has 6 nitrogen and oxygen atoms in total. The number of phenols is 1. The van der Waals surface area contributed by atoms with Crippen molar-refractivity contribution in [3.63, 3.8) is 0 Å². The van der Waals surface area contributed by atoms with Gasteiger partial charge < -0.3 is 10.2 Å². The molecule has 0 aliphatic carbocycles. The first kappa shape index (κ1) is 17.0. The van der Waals surface area contributed by atoms with Gasteiger partial charge in [0.05, 0.1) is 12.1 Å². The Morgan fingerprint density at radius 2 is 1.80 bits per heavy atom. The Morgan fingerprint density at radius 3 is 2.48 bits per heavy atom. The molecule has 2 N–H and O–H groups in total. The van der Waals surface area contributed by atoms with Gasteiger partial charge in [-0.25, -0.2) is 0 Å². The average molecular weight is 355 g/mol. The normalized spacial score (nSPS) is 12.0. The highest BCUT2D eigenvalue weighted by Gasteiger charge is 2.21. The molecule has 0 aliphatic rings. The standard InChI is InChI=1S/C18H17N3O3S/c1-12(17(23)24)25-18-20-19-16(14-9-5-6-10-15(14)22)21(18)11-13-7-3-2-4-8-13/h2-10,12,22H,11H2,1H3,(H,23,24). The molecule has 0 spiro atoms. The highest BCUT2D eigenvalue weighted by Crippen LogP contribution is 2.32. The number of benzene rings is 2. The van der Waals surface area contributed by atoms with Crippen LogP contribution in [0.1, 0.15) is 12.5 Å². The van der Waals surface area contributed by atoms with Crippen molar-refractivity contribution in [2.24, 2.45) is 0 Å². The minimum Gasteiger partial charge on any atom is -0.507 e. The zero-order valence-electron chi connectivity index (χ0n) is 13.5. The second kappa shape index (κ2) is 7.40. The summed E-state index contributed by atoms with van der Waals surface area (Å²) in [5, 5.41) is 27.5. The lowest BCUT2D eigenvalue weighted by Crippen LogP contribution is -2.13. The number of aromatic nitrogens is 3. The molecule has 25 heavy (non-hydrogen) atoms. The first-order chi connectivity index (χ1) is 12.1. The van der Waals surface area contributed by atoms with E-state index in [9.17, 15) is 15.0 Å². The molecular formula is C18H17N3O3S. The van der Waals surface area contributed by atoms with Gasteiger partial charge in [0.2, 0.25) is 0 Å². The van der Waals surface area contributed by atoms with E-state index in [4.69, 9.17) is 0 Å². The van der Waals surface area contributed by atoms with E-state index in [0.29, 0.717) is 23.1 Å². The number of carboxylic acids is 1. The molecule has 0 amide bonds. The van der Waals surface area contributed by atoms with E-state index in [1.807, 2.05) is 41.0 Å². The van der Waals surface area contributed by atoms with Crippen molar-refractivity contribution in [1.29, 1.82) is 0 Å². The smallest absolute Gasteiger partial charge is 0.316 e. The fourth-order valence-electron chi connectivity index (χ4n) is 2.35.